The minimum atomic E-state index is 0.576. The number of nitrogens with one attached hydrogen (secondary N) is 1. The normalized spacial score (nSPS) is 23.2. The van der Waals surface area contributed by atoms with Crippen molar-refractivity contribution in [3.63, 3.8) is 0 Å². The molecule has 0 bridgehead atoms. The van der Waals surface area contributed by atoms with Crippen molar-refractivity contribution in [1.29, 1.82) is 0 Å². The summed E-state index contributed by atoms with van der Waals surface area (Å²) < 4.78 is 0. The lowest BCUT2D eigenvalue weighted by atomic mass is 9.73. The van der Waals surface area contributed by atoms with Crippen LogP contribution in [-0.2, 0) is 0 Å². The molecule has 2 heteroatoms. The molecule has 0 aromatic rings. The summed E-state index contributed by atoms with van der Waals surface area (Å²) >= 11 is 0. The van der Waals surface area contributed by atoms with E-state index in [0.29, 0.717) is 5.41 Å². The first-order chi connectivity index (χ1) is 9.10. The molecule has 0 aromatic carbocycles. The van der Waals surface area contributed by atoms with Crippen LogP contribution in [0.4, 0.5) is 0 Å². The summed E-state index contributed by atoms with van der Waals surface area (Å²) in [6, 6.07) is 0.861. The molecule has 0 amide bonds. The Kier molecular flexibility index (Phi) is 5.70. The van der Waals surface area contributed by atoms with E-state index in [1.54, 1.807) is 0 Å². The molecule has 0 heterocycles. The van der Waals surface area contributed by atoms with Crippen molar-refractivity contribution in [3.05, 3.63) is 0 Å². The van der Waals surface area contributed by atoms with Crippen LogP contribution in [0.1, 0.15) is 65.2 Å². The molecule has 112 valence electrons. The minimum absolute atomic E-state index is 0.576. The van der Waals surface area contributed by atoms with Crippen LogP contribution in [0.5, 0.6) is 0 Å². The van der Waals surface area contributed by atoms with Crippen LogP contribution in [0.15, 0.2) is 0 Å². The quantitative estimate of drug-likeness (QED) is 0.721. The summed E-state index contributed by atoms with van der Waals surface area (Å²) in [6.45, 7) is 8.50. The fourth-order valence-electron chi connectivity index (χ4n) is 3.47. The van der Waals surface area contributed by atoms with Crippen LogP contribution in [0, 0.1) is 11.3 Å². The van der Waals surface area contributed by atoms with Gasteiger partial charge in [-0.25, -0.2) is 0 Å². The second-order valence-corrected chi connectivity index (χ2v) is 7.64. The molecular formula is C17H34N2. The van der Waals surface area contributed by atoms with E-state index in [9.17, 15) is 0 Å². The molecule has 0 radical (unpaired) electrons. The zero-order chi connectivity index (χ0) is 13.7. The summed E-state index contributed by atoms with van der Waals surface area (Å²) in [4.78, 5) is 2.60. The zero-order valence-corrected chi connectivity index (χ0v) is 13.4. The summed E-state index contributed by atoms with van der Waals surface area (Å²) in [5.41, 5.74) is 0.576. The van der Waals surface area contributed by atoms with Gasteiger partial charge >= 0.3 is 0 Å². The van der Waals surface area contributed by atoms with Crippen molar-refractivity contribution in [2.75, 3.05) is 26.7 Å². The maximum Gasteiger partial charge on any atom is 0.00684 e. The smallest absolute Gasteiger partial charge is 0.00684 e. The van der Waals surface area contributed by atoms with Crippen LogP contribution in [-0.4, -0.2) is 37.6 Å². The first-order valence-electron chi connectivity index (χ1n) is 8.52. The Morgan fingerprint density at radius 2 is 1.84 bits per heavy atom. The monoisotopic (exact) mass is 266 g/mol. The second kappa shape index (κ2) is 7.08. The minimum Gasteiger partial charge on any atom is -0.313 e. The molecule has 0 aliphatic heterocycles. The van der Waals surface area contributed by atoms with Gasteiger partial charge in [0.2, 0.25) is 0 Å². The van der Waals surface area contributed by atoms with E-state index in [1.165, 1.54) is 71.0 Å². The second-order valence-electron chi connectivity index (χ2n) is 7.64. The highest BCUT2D eigenvalue weighted by Gasteiger charge is 2.34. The van der Waals surface area contributed by atoms with Crippen molar-refractivity contribution in [2.24, 2.45) is 11.3 Å². The van der Waals surface area contributed by atoms with Gasteiger partial charge < -0.3 is 10.2 Å². The molecule has 0 unspecified atom stereocenters. The lowest BCUT2D eigenvalue weighted by Crippen LogP contribution is -2.45. The van der Waals surface area contributed by atoms with Crippen LogP contribution in [0.25, 0.3) is 0 Å². The van der Waals surface area contributed by atoms with Crippen LogP contribution in [0.2, 0.25) is 0 Å². The average Bonchev–Trinajstić information content (AvgIpc) is 3.19. The number of rotatable bonds is 8. The molecule has 2 fully saturated rings. The topological polar surface area (TPSA) is 15.3 Å². The Morgan fingerprint density at radius 1 is 1.16 bits per heavy atom. The largest absolute Gasteiger partial charge is 0.313 e. The van der Waals surface area contributed by atoms with Crippen molar-refractivity contribution in [2.45, 2.75) is 71.3 Å². The molecule has 0 saturated heterocycles. The van der Waals surface area contributed by atoms with E-state index in [2.05, 4.69) is 31.1 Å². The van der Waals surface area contributed by atoms with E-state index < -0.39 is 0 Å². The van der Waals surface area contributed by atoms with Gasteiger partial charge in [0.05, 0.1) is 0 Å². The Bertz CT molecular complexity index is 252. The maximum absolute atomic E-state index is 3.81. The van der Waals surface area contributed by atoms with Gasteiger partial charge in [0.25, 0.3) is 0 Å². The van der Waals surface area contributed by atoms with Gasteiger partial charge in [-0.15, -0.1) is 0 Å². The third-order valence-corrected chi connectivity index (χ3v) is 4.95. The molecular weight excluding hydrogens is 232 g/mol. The number of hydrogen-bond acceptors (Lipinski definition) is 2. The highest BCUT2D eigenvalue weighted by molar-refractivity contribution is 4.91. The maximum atomic E-state index is 3.81. The predicted molar refractivity (Wildman–Crippen MR) is 83.5 cm³/mol. The van der Waals surface area contributed by atoms with E-state index in [4.69, 9.17) is 0 Å². The van der Waals surface area contributed by atoms with Gasteiger partial charge in [-0.1, -0.05) is 33.1 Å². The van der Waals surface area contributed by atoms with E-state index >= 15 is 0 Å². The van der Waals surface area contributed by atoms with Crippen molar-refractivity contribution in [1.82, 2.24) is 10.2 Å². The molecule has 2 saturated carbocycles. The third kappa shape index (κ3) is 5.43. The SMILES string of the molecule is CC(C)CCN(C)CC1(CNC2CC2)CCCCC1. The Morgan fingerprint density at radius 3 is 2.42 bits per heavy atom. The molecule has 2 aliphatic rings. The Balaban J connectivity index is 1.80. The van der Waals surface area contributed by atoms with Gasteiger partial charge in [0, 0.05) is 19.1 Å². The van der Waals surface area contributed by atoms with Gasteiger partial charge in [0.1, 0.15) is 0 Å². The van der Waals surface area contributed by atoms with E-state index in [0.717, 1.165) is 12.0 Å². The predicted octanol–water partition coefficient (Wildman–Crippen LogP) is 3.67. The Hall–Kier alpha value is -0.0800. The average molecular weight is 266 g/mol. The Labute approximate surface area is 120 Å². The summed E-state index contributed by atoms with van der Waals surface area (Å²) in [7, 11) is 2.33. The molecule has 0 aromatic heterocycles. The molecule has 1 N–H and O–H groups in total. The molecule has 2 rings (SSSR count). The molecule has 2 nitrogen and oxygen atoms in total. The van der Waals surface area contributed by atoms with Crippen LogP contribution >= 0.6 is 0 Å². The standard InChI is InChI=1S/C17H34N2/c1-15(2)9-12-19(3)14-17(10-5-4-6-11-17)13-18-16-7-8-16/h15-16,18H,4-14H2,1-3H3. The lowest BCUT2D eigenvalue weighted by molar-refractivity contribution is 0.114. The fraction of sp³-hybridized carbons (Fsp3) is 1.00. The summed E-state index contributed by atoms with van der Waals surface area (Å²) in [5.74, 6) is 0.828. The first kappa shape index (κ1) is 15.3. The highest BCUT2D eigenvalue weighted by atomic mass is 15.1. The number of nitrogens with zero attached hydrogens (tertiary/aromatic N) is 1. The van der Waals surface area contributed by atoms with Crippen molar-refractivity contribution in [3.8, 4) is 0 Å². The number of hydrogen-bond donors (Lipinski definition) is 1. The van der Waals surface area contributed by atoms with Gasteiger partial charge in [-0.2, -0.15) is 0 Å². The van der Waals surface area contributed by atoms with Crippen LogP contribution in [0.3, 0.4) is 0 Å². The fourth-order valence-corrected chi connectivity index (χ4v) is 3.47. The van der Waals surface area contributed by atoms with E-state index in [1.807, 2.05) is 0 Å². The molecule has 2 aliphatic carbocycles. The molecule has 19 heavy (non-hydrogen) atoms. The first-order valence-corrected chi connectivity index (χ1v) is 8.52. The third-order valence-electron chi connectivity index (χ3n) is 4.95. The van der Waals surface area contributed by atoms with Gasteiger partial charge in [-0.05, 0) is 57.0 Å². The zero-order valence-electron chi connectivity index (χ0n) is 13.4. The molecule has 0 spiro atoms. The molecule has 0 atom stereocenters. The van der Waals surface area contributed by atoms with Crippen molar-refractivity contribution < 1.29 is 0 Å². The van der Waals surface area contributed by atoms with Crippen molar-refractivity contribution >= 4 is 0 Å². The van der Waals surface area contributed by atoms with Gasteiger partial charge in [0.15, 0.2) is 0 Å². The van der Waals surface area contributed by atoms with Gasteiger partial charge in [-0.3, -0.25) is 0 Å². The lowest BCUT2D eigenvalue weighted by Gasteiger charge is -2.40. The van der Waals surface area contributed by atoms with Crippen LogP contribution < -0.4 is 5.32 Å². The highest BCUT2D eigenvalue weighted by Crippen LogP contribution is 2.37. The summed E-state index contributed by atoms with van der Waals surface area (Å²) in [5, 5.41) is 3.81. The summed E-state index contributed by atoms with van der Waals surface area (Å²) in [6.07, 6.45) is 11.4. The van der Waals surface area contributed by atoms with E-state index in [-0.39, 0.29) is 0 Å².